The third-order valence-electron chi connectivity index (χ3n) is 6.80. The van der Waals surface area contributed by atoms with E-state index in [4.69, 9.17) is 37.9 Å². The van der Waals surface area contributed by atoms with Gasteiger partial charge in [-0.2, -0.15) is 15.0 Å². The molecule has 0 bridgehead atoms. The number of anilines is 5. The molecule has 2 aliphatic rings. The molecule has 0 spiro atoms. The molecule has 196 valence electrons. The fraction of sp³-hybridized carbons (Fsp3) is 0.423. The number of nitrogens with zero attached hydrogens (tertiary/aromatic N) is 6. The number of rotatable bonds is 5. The number of phenolic OH excluding ortho intramolecular Hbond substituents is 1. The van der Waals surface area contributed by atoms with E-state index in [9.17, 15) is 5.11 Å². The highest BCUT2D eigenvalue weighted by Gasteiger charge is 2.30. The van der Waals surface area contributed by atoms with Crippen molar-refractivity contribution in [1.29, 1.82) is 0 Å². The van der Waals surface area contributed by atoms with Gasteiger partial charge in [0, 0.05) is 61.7 Å². The van der Waals surface area contributed by atoms with E-state index in [2.05, 4.69) is 0 Å². The van der Waals surface area contributed by atoms with Crippen molar-refractivity contribution in [3.05, 3.63) is 54.1 Å². The van der Waals surface area contributed by atoms with Crippen LogP contribution in [-0.2, 0) is 0 Å². The van der Waals surface area contributed by atoms with Gasteiger partial charge < -0.3 is 37.8 Å². The highest BCUT2D eigenvalue weighted by atomic mass is 16.3. The number of hydrogen-bond acceptors (Lipinski definition) is 11. The minimum atomic E-state index is -0.0745. The zero-order valence-electron chi connectivity index (χ0n) is 21.1. The Kier molecular flexibility index (Phi) is 7.11. The molecule has 3 heterocycles. The maximum Gasteiger partial charge on any atom is 0.241 e. The van der Waals surface area contributed by atoms with Crippen LogP contribution in [0.3, 0.4) is 0 Å². The van der Waals surface area contributed by atoms with Gasteiger partial charge in [-0.25, -0.2) is 0 Å². The summed E-state index contributed by atoms with van der Waals surface area (Å²) in [6, 6.07) is 14.8. The molecular formula is C26H36N10O. The molecule has 0 amide bonds. The van der Waals surface area contributed by atoms with E-state index in [1.165, 1.54) is 0 Å². The normalized spacial score (nSPS) is 24.2. The zero-order valence-corrected chi connectivity index (χ0v) is 21.1. The zero-order chi connectivity index (χ0) is 26.1. The van der Waals surface area contributed by atoms with Crippen LogP contribution in [-0.4, -0.2) is 70.4 Å². The quantitative estimate of drug-likeness (QED) is 0.336. The number of phenols is 1. The summed E-state index contributed by atoms with van der Waals surface area (Å²) < 4.78 is 0. The first kappa shape index (κ1) is 25.2. The van der Waals surface area contributed by atoms with Crippen molar-refractivity contribution >= 4 is 29.2 Å². The molecule has 2 aliphatic heterocycles. The lowest BCUT2D eigenvalue weighted by atomic mass is 10.0. The number of piperidine rings is 2. The molecule has 3 aromatic rings. The van der Waals surface area contributed by atoms with Crippen molar-refractivity contribution < 1.29 is 5.11 Å². The van der Waals surface area contributed by atoms with Gasteiger partial charge in [-0.3, -0.25) is 4.90 Å². The van der Waals surface area contributed by atoms with E-state index in [0.29, 0.717) is 44.0 Å². The van der Waals surface area contributed by atoms with Crippen molar-refractivity contribution in [3.63, 3.8) is 0 Å². The second-order valence-corrected chi connectivity index (χ2v) is 10.2. The van der Waals surface area contributed by atoms with E-state index in [-0.39, 0.29) is 29.9 Å². The van der Waals surface area contributed by atoms with Crippen LogP contribution in [0.25, 0.3) is 0 Å². The van der Waals surface area contributed by atoms with E-state index < -0.39 is 0 Å². The Balaban J connectivity index is 1.64. The number of aromatic hydroxyl groups is 1. The van der Waals surface area contributed by atoms with Gasteiger partial charge in [-0.05, 0) is 56.2 Å². The van der Waals surface area contributed by atoms with Crippen LogP contribution in [0.1, 0.15) is 18.4 Å². The Bertz CT molecular complexity index is 1100. The van der Waals surface area contributed by atoms with Crippen molar-refractivity contribution in [2.45, 2.75) is 43.9 Å². The van der Waals surface area contributed by atoms with Gasteiger partial charge >= 0.3 is 0 Å². The fourth-order valence-corrected chi connectivity index (χ4v) is 5.09. The summed E-state index contributed by atoms with van der Waals surface area (Å²) in [6.07, 6.45) is 1.50. The summed E-state index contributed by atoms with van der Waals surface area (Å²) in [5, 5.41) is 9.92. The van der Waals surface area contributed by atoms with Crippen molar-refractivity contribution in [3.8, 4) is 5.75 Å². The molecule has 2 aromatic carbocycles. The van der Waals surface area contributed by atoms with E-state index in [1.807, 2.05) is 58.0 Å². The lowest BCUT2D eigenvalue weighted by molar-refractivity contribution is 0.441. The Morgan fingerprint density at radius 1 is 0.676 bits per heavy atom. The Labute approximate surface area is 217 Å². The van der Waals surface area contributed by atoms with Crippen LogP contribution in [0.2, 0.25) is 0 Å². The van der Waals surface area contributed by atoms with Crippen LogP contribution in [0, 0.1) is 6.92 Å². The molecule has 5 rings (SSSR count). The fourth-order valence-electron chi connectivity index (χ4n) is 5.09. The third kappa shape index (κ3) is 5.75. The number of benzene rings is 2. The first-order valence-corrected chi connectivity index (χ1v) is 12.7. The molecule has 1 aromatic heterocycles. The van der Waals surface area contributed by atoms with Gasteiger partial charge in [0.2, 0.25) is 17.8 Å². The molecule has 4 unspecified atom stereocenters. The van der Waals surface area contributed by atoms with Gasteiger partial charge in [0.1, 0.15) is 5.75 Å². The summed E-state index contributed by atoms with van der Waals surface area (Å²) in [7, 11) is 0. The summed E-state index contributed by atoms with van der Waals surface area (Å²) >= 11 is 0. The second-order valence-electron chi connectivity index (χ2n) is 10.2. The van der Waals surface area contributed by atoms with Crippen LogP contribution in [0.15, 0.2) is 48.5 Å². The predicted octanol–water partition coefficient (Wildman–Crippen LogP) is 1.08. The molecule has 11 nitrogen and oxygen atoms in total. The predicted molar refractivity (Wildman–Crippen MR) is 146 cm³/mol. The lowest BCUT2D eigenvalue weighted by Gasteiger charge is -2.37. The van der Waals surface area contributed by atoms with Crippen LogP contribution in [0.5, 0.6) is 5.75 Å². The maximum absolute atomic E-state index is 9.92. The van der Waals surface area contributed by atoms with Gasteiger partial charge in [0.25, 0.3) is 0 Å². The Morgan fingerprint density at radius 3 is 1.51 bits per heavy atom. The van der Waals surface area contributed by atoms with E-state index >= 15 is 0 Å². The molecule has 0 saturated carbocycles. The average molecular weight is 505 g/mol. The molecule has 2 fully saturated rings. The Hall–Kier alpha value is -3.51. The van der Waals surface area contributed by atoms with E-state index in [1.54, 1.807) is 12.1 Å². The monoisotopic (exact) mass is 504 g/mol. The van der Waals surface area contributed by atoms with Crippen molar-refractivity contribution in [2.24, 2.45) is 22.9 Å². The highest BCUT2D eigenvalue weighted by Crippen LogP contribution is 2.35. The number of aryl methyl sites for hydroxylation is 1. The summed E-state index contributed by atoms with van der Waals surface area (Å²) in [5.41, 5.74) is 28.0. The summed E-state index contributed by atoms with van der Waals surface area (Å²) in [5.74, 6) is 1.63. The first-order chi connectivity index (χ1) is 17.7. The molecule has 2 saturated heterocycles. The standard InChI is InChI=1S/C26H36N10O/c1-16-2-4-21(5-3-16)36(22-6-8-23(37)9-7-22)26-32-24(34-12-17(27)10-18(28)13-34)31-25(33-26)35-14-19(29)11-20(30)15-35/h2-9,17-20,37H,10-15,27-30H2,1H3. The minimum absolute atomic E-state index is 0.0745. The molecule has 37 heavy (non-hydrogen) atoms. The summed E-state index contributed by atoms with van der Waals surface area (Å²) in [4.78, 5) is 20.7. The largest absolute Gasteiger partial charge is 0.508 e. The van der Waals surface area contributed by atoms with Gasteiger partial charge in [0.15, 0.2) is 0 Å². The van der Waals surface area contributed by atoms with Crippen molar-refractivity contribution in [1.82, 2.24) is 15.0 Å². The second kappa shape index (κ2) is 10.5. The minimum Gasteiger partial charge on any atom is -0.508 e. The van der Waals surface area contributed by atoms with Gasteiger partial charge in [0.05, 0.1) is 0 Å². The van der Waals surface area contributed by atoms with Crippen LogP contribution >= 0.6 is 0 Å². The molecule has 0 radical (unpaired) electrons. The molecule has 11 heteroatoms. The van der Waals surface area contributed by atoms with Gasteiger partial charge in [-0.15, -0.1) is 0 Å². The number of hydrogen-bond donors (Lipinski definition) is 5. The van der Waals surface area contributed by atoms with Gasteiger partial charge in [-0.1, -0.05) is 17.7 Å². The average Bonchev–Trinajstić information content (AvgIpc) is 2.85. The third-order valence-corrected chi connectivity index (χ3v) is 6.80. The number of aromatic nitrogens is 3. The van der Waals surface area contributed by atoms with Crippen molar-refractivity contribution in [2.75, 3.05) is 40.9 Å². The topological polar surface area (TPSA) is 173 Å². The smallest absolute Gasteiger partial charge is 0.241 e. The summed E-state index contributed by atoms with van der Waals surface area (Å²) in [6.45, 7) is 4.43. The molecule has 9 N–H and O–H groups in total. The molecule has 0 aliphatic carbocycles. The SMILES string of the molecule is Cc1ccc(N(c2ccc(O)cc2)c2nc(N3CC(N)CC(N)C3)nc(N3CC(N)CC(N)C3)n2)cc1. The lowest BCUT2D eigenvalue weighted by Crippen LogP contribution is -2.54. The van der Waals surface area contributed by atoms with Crippen LogP contribution in [0.4, 0.5) is 29.2 Å². The van der Waals surface area contributed by atoms with Crippen LogP contribution < -0.4 is 37.6 Å². The van der Waals surface area contributed by atoms with E-state index in [0.717, 1.165) is 29.8 Å². The first-order valence-electron chi connectivity index (χ1n) is 12.7. The Morgan fingerprint density at radius 2 is 1.08 bits per heavy atom. The molecule has 4 atom stereocenters. The maximum atomic E-state index is 9.92. The molecular weight excluding hydrogens is 468 g/mol. The number of nitrogens with two attached hydrogens (primary N) is 4. The highest BCUT2D eigenvalue weighted by molar-refractivity contribution is 5.74.